The van der Waals surface area contributed by atoms with E-state index in [2.05, 4.69) is 38.1 Å². The van der Waals surface area contributed by atoms with E-state index in [0.29, 0.717) is 12.1 Å². The number of primary amides is 1. The number of hydrogen-bond donors (Lipinski definition) is 2. The lowest BCUT2D eigenvalue weighted by Crippen LogP contribution is -2.14. The van der Waals surface area contributed by atoms with Crippen LogP contribution in [0.15, 0.2) is 85.7 Å². The normalized spacial score (nSPS) is 11.0. The van der Waals surface area contributed by atoms with Gasteiger partial charge in [0.25, 0.3) is 5.91 Å². The van der Waals surface area contributed by atoms with Gasteiger partial charge in [-0.2, -0.15) is 0 Å². The molecule has 0 spiro atoms. The number of hydrogen-bond acceptors (Lipinski definition) is 4. The number of carbonyl (C=O) groups excluding carboxylic acids is 1. The number of carbonyl (C=O) groups is 1. The van der Waals surface area contributed by atoms with Gasteiger partial charge >= 0.3 is 0 Å². The summed E-state index contributed by atoms with van der Waals surface area (Å²) in [7, 11) is 0. The van der Waals surface area contributed by atoms with Crippen molar-refractivity contribution in [1.29, 1.82) is 0 Å². The van der Waals surface area contributed by atoms with Crippen molar-refractivity contribution in [2.24, 2.45) is 5.73 Å². The van der Waals surface area contributed by atoms with Gasteiger partial charge in [-0.1, -0.05) is 6.07 Å². The van der Waals surface area contributed by atoms with Crippen molar-refractivity contribution < 1.29 is 4.79 Å². The van der Waals surface area contributed by atoms with E-state index < -0.39 is 5.91 Å². The van der Waals surface area contributed by atoms with Gasteiger partial charge in [-0.15, -0.1) is 0 Å². The van der Waals surface area contributed by atoms with Crippen molar-refractivity contribution in [3.63, 3.8) is 0 Å². The number of benzene rings is 2. The van der Waals surface area contributed by atoms with Gasteiger partial charge in [-0.25, -0.2) is 4.98 Å². The molecule has 3 aromatic heterocycles. The van der Waals surface area contributed by atoms with E-state index in [4.69, 9.17) is 5.73 Å². The van der Waals surface area contributed by atoms with Gasteiger partial charge < -0.3 is 20.2 Å². The molecular weight excluding hydrogens is 400 g/mol. The zero-order valence-corrected chi connectivity index (χ0v) is 17.6. The third-order valence-electron chi connectivity index (χ3n) is 5.44. The van der Waals surface area contributed by atoms with Crippen LogP contribution in [0.4, 0.5) is 5.69 Å². The lowest BCUT2D eigenvalue weighted by atomic mass is 10.1. The second kappa shape index (κ2) is 8.03. The summed E-state index contributed by atoms with van der Waals surface area (Å²) < 4.78 is 4.12. The average molecular weight is 422 g/mol. The number of aromatic nitrogens is 4. The van der Waals surface area contributed by atoms with Crippen LogP contribution in [-0.4, -0.2) is 31.6 Å². The molecule has 32 heavy (non-hydrogen) atoms. The van der Waals surface area contributed by atoms with Gasteiger partial charge in [0.1, 0.15) is 0 Å². The highest BCUT2D eigenvalue weighted by molar-refractivity contribution is 5.99. The lowest BCUT2D eigenvalue weighted by molar-refractivity contribution is 0.100. The quantitative estimate of drug-likeness (QED) is 0.424. The largest absolute Gasteiger partial charge is 0.385 e. The number of nitrogens with one attached hydrogen (secondary N) is 1. The first-order chi connectivity index (χ1) is 15.7. The minimum absolute atomic E-state index is 0.448. The van der Waals surface area contributed by atoms with Crippen LogP contribution >= 0.6 is 0 Å². The lowest BCUT2D eigenvalue weighted by Gasteiger charge is -2.13. The molecule has 0 bridgehead atoms. The molecule has 1 amide bonds. The van der Waals surface area contributed by atoms with Gasteiger partial charge in [0.15, 0.2) is 0 Å². The van der Waals surface area contributed by atoms with E-state index >= 15 is 0 Å². The van der Waals surface area contributed by atoms with E-state index in [0.717, 1.165) is 39.2 Å². The molecule has 0 saturated heterocycles. The van der Waals surface area contributed by atoms with E-state index in [9.17, 15) is 4.79 Å². The highest BCUT2D eigenvalue weighted by atomic mass is 16.1. The fourth-order valence-electron chi connectivity index (χ4n) is 3.95. The summed E-state index contributed by atoms with van der Waals surface area (Å²) in [5.74, 6) is -0.448. The monoisotopic (exact) mass is 422 g/mol. The summed E-state index contributed by atoms with van der Waals surface area (Å²) in [5, 5.41) is 4.32. The van der Waals surface area contributed by atoms with Crippen LogP contribution in [0.2, 0.25) is 0 Å². The van der Waals surface area contributed by atoms with Crippen LogP contribution in [0.1, 0.15) is 17.3 Å². The second-order valence-electron chi connectivity index (χ2n) is 7.43. The summed E-state index contributed by atoms with van der Waals surface area (Å²) in [6.07, 6.45) is 9.41. The molecule has 3 N–H and O–H groups in total. The molecule has 0 aliphatic heterocycles. The Balaban J connectivity index is 1.58. The Morgan fingerprint density at radius 1 is 1.12 bits per heavy atom. The first kappa shape index (κ1) is 19.6. The summed E-state index contributed by atoms with van der Waals surface area (Å²) in [6, 6.07) is 17.8. The fraction of sp³-hybridized carbons (Fsp3) is 0.0800. The van der Waals surface area contributed by atoms with Gasteiger partial charge in [0.05, 0.1) is 28.8 Å². The molecule has 0 atom stereocenters. The van der Waals surface area contributed by atoms with E-state index in [1.165, 1.54) is 0 Å². The Hall–Kier alpha value is -4.39. The average Bonchev–Trinajstić information content (AvgIpc) is 3.47. The molecule has 3 heterocycles. The van der Waals surface area contributed by atoms with Gasteiger partial charge in [-0.05, 0) is 55.5 Å². The van der Waals surface area contributed by atoms with Crippen LogP contribution < -0.4 is 11.1 Å². The molecule has 0 aliphatic carbocycles. The summed E-state index contributed by atoms with van der Waals surface area (Å²) >= 11 is 0. The highest BCUT2D eigenvalue weighted by Gasteiger charge is 2.13. The van der Waals surface area contributed by atoms with Crippen molar-refractivity contribution >= 4 is 22.5 Å². The number of fused-ring (bicyclic) bond motifs is 1. The second-order valence-corrected chi connectivity index (χ2v) is 7.43. The number of nitrogens with zero attached hydrogens (tertiary/aromatic N) is 4. The summed E-state index contributed by atoms with van der Waals surface area (Å²) in [4.78, 5) is 20.5. The Morgan fingerprint density at radius 3 is 2.81 bits per heavy atom. The first-order valence-corrected chi connectivity index (χ1v) is 10.4. The molecule has 0 saturated carbocycles. The Bertz CT molecular complexity index is 1420. The van der Waals surface area contributed by atoms with Crippen molar-refractivity contribution in [2.45, 2.75) is 6.92 Å². The molecule has 0 radical (unpaired) electrons. The minimum Gasteiger partial charge on any atom is -0.385 e. The number of imidazole rings is 1. The molecule has 7 nitrogen and oxygen atoms in total. The van der Waals surface area contributed by atoms with Gasteiger partial charge in [0, 0.05) is 53.7 Å². The number of amides is 1. The van der Waals surface area contributed by atoms with Gasteiger partial charge in [-0.3, -0.25) is 9.78 Å². The standard InChI is InChI=1S/C25H22N6O/c1-2-28-21-13-18(8-9-19(21)25(26)32)31-12-10-20-23(6-3-7-24(20)31)30-15-22(29-16-30)17-5-4-11-27-14-17/h3-16,28H,2H2,1H3,(H2,26,32). The SMILES string of the molecule is CCNc1cc(-n2ccc3c(-n4cnc(-c5cccnc5)c4)cccc32)ccc1C(N)=O. The van der Waals surface area contributed by atoms with Crippen LogP contribution in [0.3, 0.4) is 0 Å². The maximum Gasteiger partial charge on any atom is 0.250 e. The molecule has 158 valence electrons. The Kier molecular flexibility index (Phi) is 4.91. The highest BCUT2D eigenvalue weighted by Crippen LogP contribution is 2.29. The van der Waals surface area contributed by atoms with E-state index in [-0.39, 0.29) is 0 Å². The van der Waals surface area contributed by atoms with Crippen LogP contribution in [0.5, 0.6) is 0 Å². The van der Waals surface area contributed by atoms with Crippen molar-refractivity contribution in [3.8, 4) is 22.6 Å². The maximum atomic E-state index is 11.8. The number of anilines is 1. The molecular formula is C25H22N6O. The van der Waals surface area contributed by atoms with Crippen molar-refractivity contribution in [2.75, 3.05) is 11.9 Å². The first-order valence-electron chi connectivity index (χ1n) is 10.4. The fourth-order valence-corrected chi connectivity index (χ4v) is 3.95. The van der Waals surface area contributed by atoms with E-state index in [1.807, 2.05) is 60.5 Å². The summed E-state index contributed by atoms with van der Waals surface area (Å²) in [5.41, 5.74) is 11.6. The predicted octanol–water partition coefficient (Wildman–Crippen LogP) is 4.41. The maximum absolute atomic E-state index is 11.8. The molecule has 0 aliphatic rings. The molecule has 5 rings (SSSR count). The van der Waals surface area contributed by atoms with Gasteiger partial charge in [0.2, 0.25) is 0 Å². The summed E-state index contributed by atoms with van der Waals surface area (Å²) in [6.45, 7) is 2.68. The van der Waals surface area contributed by atoms with Crippen LogP contribution in [-0.2, 0) is 0 Å². The number of rotatable bonds is 6. The zero-order chi connectivity index (χ0) is 22.1. The zero-order valence-electron chi connectivity index (χ0n) is 17.6. The van der Waals surface area contributed by atoms with Crippen molar-refractivity contribution in [1.82, 2.24) is 19.1 Å². The Labute approximate surface area is 185 Å². The predicted molar refractivity (Wildman–Crippen MR) is 126 cm³/mol. The third kappa shape index (κ3) is 3.39. The van der Waals surface area contributed by atoms with E-state index in [1.54, 1.807) is 18.5 Å². The number of pyridine rings is 1. The molecule has 0 fully saturated rings. The molecule has 5 aromatic rings. The molecule has 0 unspecified atom stereocenters. The Morgan fingerprint density at radius 2 is 2.03 bits per heavy atom. The molecule has 2 aromatic carbocycles. The van der Waals surface area contributed by atoms with Crippen LogP contribution in [0.25, 0.3) is 33.5 Å². The third-order valence-corrected chi connectivity index (χ3v) is 5.44. The smallest absolute Gasteiger partial charge is 0.250 e. The number of nitrogens with two attached hydrogens (primary N) is 1. The topological polar surface area (TPSA) is 90.8 Å². The molecule has 7 heteroatoms. The van der Waals surface area contributed by atoms with Crippen LogP contribution in [0, 0.1) is 0 Å². The van der Waals surface area contributed by atoms with Crippen molar-refractivity contribution in [3.05, 3.63) is 91.3 Å². The minimum atomic E-state index is -0.448.